The number of hydrogen-bond acceptors (Lipinski definition) is 4. The zero-order chi connectivity index (χ0) is 17.5. The normalized spacial score (nSPS) is 13.6. The quantitative estimate of drug-likeness (QED) is 0.678. The monoisotopic (exact) mass is 322 g/mol. The number of carboxylic acids is 1. The Hall–Kier alpha value is -1.92. The van der Waals surface area contributed by atoms with Crippen LogP contribution in [0.1, 0.15) is 39.2 Å². The molecule has 3 N–H and O–H groups in total. The van der Waals surface area contributed by atoms with E-state index in [1.165, 1.54) is 4.90 Å². The van der Waals surface area contributed by atoms with Crippen molar-refractivity contribution in [3.63, 3.8) is 0 Å². The number of carbonyl (C=O) groups excluding carboxylic acids is 1. The van der Waals surface area contributed by atoms with Gasteiger partial charge < -0.3 is 14.7 Å². The zero-order valence-electron chi connectivity index (χ0n) is 14.0. The summed E-state index contributed by atoms with van der Waals surface area (Å²) in [6.45, 7) is 6.01. The molecule has 1 unspecified atom stereocenters. The van der Waals surface area contributed by atoms with E-state index in [2.05, 4.69) is 0 Å². The minimum atomic E-state index is -1.61. The van der Waals surface area contributed by atoms with Crippen molar-refractivity contribution in [2.75, 3.05) is 13.2 Å². The number of benzene rings is 1. The second-order valence-electron chi connectivity index (χ2n) is 5.69. The molecule has 0 aromatic heterocycles. The maximum atomic E-state index is 13.0. The average molecular weight is 322 g/mol. The lowest BCUT2D eigenvalue weighted by Gasteiger charge is -2.36. The predicted molar refractivity (Wildman–Crippen MR) is 87.7 cm³/mol. The van der Waals surface area contributed by atoms with Crippen molar-refractivity contribution < 1.29 is 19.4 Å². The van der Waals surface area contributed by atoms with E-state index in [9.17, 15) is 9.59 Å². The van der Waals surface area contributed by atoms with Crippen LogP contribution in [0.5, 0.6) is 0 Å². The standard InChI is InChI=1S/C17H26N2O4/c1-4-12-23-17(18,14-8-6-5-7-9-14)16(22)19(13(2)3)11-10-15(20)21/h5-9,13H,4,10-12,18H2,1-3H3,(H,20,21). The Morgan fingerprint density at radius 2 is 1.91 bits per heavy atom. The van der Waals surface area contributed by atoms with Crippen LogP contribution >= 0.6 is 0 Å². The van der Waals surface area contributed by atoms with Crippen LogP contribution in [0.25, 0.3) is 0 Å². The summed E-state index contributed by atoms with van der Waals surface area (Å²) >= 11 is 0. The number of aliphatic carboxylic acids is 1. The third-order valence-corrected chi connectivity index (χ3v) is 3.50. The first kappa shape index (κ1) is 19.1. The molecule has 0 spiro atoms. The number of nitrogens with two attached hydrogens (primary N) is 1. The van der Waals surface area contributed by atoms with E-state index in [-0.39, 0.29) is 19.0 Å². The number of ether oxygens (including phenoxy) is 1. The molecule has 0 aliphatic rings. The molecule has 1 aromatic rings. The molecule has 1 aromatic carbocycles. The fourth-order valence-corrected chi connectivity index (χ4v) is 2.24. The van der Waals surface area contributed by atoms with Crippen molar-refractivity contribution in [2.24, 2.45) is 5.73 Å². The third kappa shape index (κ3) is 5.04. The number of nitrogens with zero attached hydrogens (tertiary/aromatic N) is 1. The molecule has 0 saturated carbocycles. The summed E-state index contributed by atoms with van der Waals surface area (Å²) in [5.41, 5.74) is 5.28. The molecule has 0 radical (unpaired) electrons. The lowest BCUT2D eigenvalue weighted by molar-refractivity contribution is -0.162. The second kappa shape index (κ2) is 8.64. The van der Waals surface area contributed by atoms with Crippen LogP contribution in [-0.4, -0.2) is 41.1 Å². The van der Waals surface area contributed by atoms with Gasteiger partial charge in [0, 0.05) is 24.8 Å². The van der Waals surface area contributed by atoms with Gasteiger partial charge in [-0.25, -0.2) is 0 Å². The molecule has 1 amide bonds. The van der Waals surface area contributed by atoms with Gasteiger partial charge in [-0.3, -0.25) is 15.3 Å². The highest BCUT2D eigenvalue weighted by atomic mass is 16.5. The Morgan fingerprint density at radius 3 is 2.39 bits per heavy atom. The van der Waals surface area contributed by atoms with E-state index in [0.29, 0.717) is 12.2 Å². The van der Waals surface area contributed by atoms with Crippen molar-refractivity contribution in [3.05, 3.63) is 35.9 Å². The van der Waals surface area contributed by atoms with Crippen LogP contribution in [0.15, 0.2) is 30.3 Å². The Labute approximate surface area is 137 Å². The minimum Gasteiger partial charge on any atom is -0.481 e. The molecule has 0 bridgehead atoms. The summed E-state index contributed by atoms with van der Waals surface area (Å²) in [7, 11) is 0. The van der Waals surface area contributed by atoms with E-state index in [0.717, 1.165) is 6.42 Å². The van der Waals surface area contributed by atoms with Crippen molar-refractivity contribution >= 4 is 11.9 Å². The fourth-order valence-electron chi connectivity index (χ4n) is 2.24. The highest BCUT2D eigenvalue weighted by molar-refractivity contribution is 5.86. The largest absolute Gasteiger partial charge is 0.481 e. The van der Waals surface area contributed by atoms with Crippen molar-refractivity contribution in [3.8, 4) is 0 Å². The molecule has 1 atom stereocenters. The predicted octanol–water partition coefficient (Wildman–Crippen LogP) is 1.94. The van der Waals surface area contributed by atoms with Crippen LogP contribution in [0.4, 0.5) is 0 Å². The van der Waals surface area contributed by atoms with Crippen LogP contribution in [0.3, 0.4) is 0 Å². The topological polar surface area (TPSA) is 92.9 Å². The summed E-state index contributed by atoms with van der Waals surface area (Å²) in [6, 6.07) is 8.71. The summed E-state index contributed by atoms with van der Waals surface area (Å²) in [4.78, 5) is 25.3. The van der Waals surface area contributed by atoms with E-state index >= 15 is 0 Å². The van der Waals surface area contributed by atoms with Gasteiger partial charge in [-0.1, -0.05) is 37.3 Å². The first-order valence-electron chi connectivity index (χ1n) is 7.84. The van der Waals surface area contributed by atoms with Crippen LogP contribution in [0, 0.1) is 0 Å². The van der Waals surface area contributed by atoms with E-state index < -0.39 is 17.6 Å². The van der Waals surface area contributed by atoms with Gasteiger partial charge in [-0.05, 0) is 20.3 Å². The number of amides is 1. The van der Waals surface area contributed by atoms with Gasteiger partial charge in [-0.15, -0.1) is 0 Å². The summed E-state index contributed by atoms with van der Waals surface area (Å²) in [5, 5.41) is 8.89. The van der Waals surface area contributed by atoms with Crippen molar-refractivity contribution in [1.82, 2.24) is 4.90 Å². The maximum Gasteiger partial charge on any atom is 0.305 e. The molecule has 23 heavy (non-hydrogen) atoms. The molecule has 0 aliphatic carbocycles. The van der Waals surface area contributed by atoms with Gasteiger partial charge in [0.1, 0.15) is 0 Å². The highest BCUT2D eigenvalue weighted by Gasteiger charge is 2.41. The summed E-state index contributed by atoms with van der Waals surface area (Å²) in [6.07, 6.45) is 0.582. The van der Waals surface area contributed by atoms with Crippen LogP contribution in [-0.2, 0) is 20.1 Å². The first-order valence-corrected chi connectivity index (χ1v) is 7.84. The molecule has 1 rings (SSSR count). The van der Waals surface area contributed by atoms with Crippen molar-refractivity contribution in [1.29, 1.82) is 0 Å². The third-order valence-electron chi connectivity index (χ3n) is 3.50. The Morgan fingerprint density at radius 1 is 1.30 bits per heavy atom. The van der Waals surface area contributed by atoms with Crippen molar-refractivity contribution in [2.45, 2.75) is 45.4 Å². The molecule has 0 aliphatic heterocycles. The molecule has 0 heterocycles. The van der Waals surface area contributed by atoms with Gasteiger partial charge >= 0.3 is 5.97 Å². The fraction of sp³-hybridized carbons (Fsp3) is 0.529. The molecule has 0 fully saturated rings. The SMILES string of the molecule is CCCOC(N)(C(=O)N(CCC(=O)O)C(C)C)c1ccccc1. The number of hydrogen-bond donors (Lipinski definition) is 2. The van der Waals surface area contributed by atoms with Gasteiger partial charge in [0.25, 0.3) is 5.91 Å². The van der Waals surface area contributed by atoms with E-state index in [4.69, 9.17) is 15.6 Å². The number of carbonyl (C=O) groups is 2. The van der Waals surface area contributed by atoms with Gasteiger partial charge in [0.2, 0.25) is 5.72 Å². The molecular weight excluding hydrogens is 296 g/mol. The minimum absolute atomic E-state index is 0.0904. The van der Waals surface area contributed by atoms with Gasteiger partial charge in [0.15, 0.2) is 0 Å². The van der Waals surface area contributed by atoms with Gasteiger partial charge in [-0.2, -0.15) is 0 Å². The Balaban J connectivity index is 3.12. The summed E-state index contributed by atoms with van der Waals surface area (Å²) in [5.74, 6) is -1.38. The Bertz CT molecular complexity index is 519. The van der Waals surface area contributed by atoms with E-state index in [1.807, 2.05) is 26.8 Å². The maximum absolute atomic E-state index is 13.0. The Kier molecular flexibility index (Phi) is 7.19. The lowest BCUT2D eigenvalue weighted by Crippen LogP contribution is -2.56. The molecule has 6 nitrogen and oxygen atoms in total. The van der Waals surface area contributed by atoms with Crippen LogP contribution < -0.4 is 5.73 Å². The number of rotatable bonds is 9. The average Bonchev–Trinajstić information content (AvgIpc) is 2.52. The molecule has 0 saturated heterocycles. The molecule has 6 heteroatoms. The first-order chi connectivity index (χ1) is 10.8. The van der Waals surface area contributed by atoms with Crippen LogP contribution in [0.2, 0.25) is 0 Å². The highest BCUT2D eigenvalue weighted by Crippen LogP contribution is 2.24. The lowest BCUT2D eigenvalue weighted by atomic mass is 10.0. The summed E-state index contributed by atoms with van der Waals surface area (Å²) < 4.78 is 5.70. The van der Waals surface area contributed by atoms with Gasteiger partial charge in [0.05, 0.1) is 6.42 Å². The molecule has 128 valence electrons. The van der Waals surface area contributed by atoms with E-state index in [1.54, 1.807) is 24.3 Å². The number of carboxylic acid groups (broad SMARTS) is 1. The smallest absolute Gasteiger partial charge is 0.305 e. The second-order valence-corrected chi connectivity index (χ2v) is 5.69. The zero-order valence-corrected chi connectivity index (χ0v) is 14.0. The molecular formula is C17H26N2O4.